The zero-order valence-electron chi connectivity index (χ0n) is 13.1. The number of halogens is 2. The smallest absolute Gasteiger partial charge is 0.254 e. The molecule has 1 saturated heterocycles. The number of hydrogen-bond donors (Lipinski definition) is 0. The molecule has 24 heavy (non-hydrogen) atoms. The number of rotatable bonds is 2. The van der Waals surface area contributed by atoms with Gasteiger partial charge in [0.25, 0.3) is 5.91 Å². The fraction of sp³-hybridized carbons (Fsp3) is 0.222. The lowest BCUT2D eigenvalue weighted by Crippen LogP contribution is -2.57. The minimum Gasteiger partial charge on any atom is -0.325 e. The highest BCUT2D eigenvalue weighted by Crippen LogP contribution is 2.26. The number of amides is 2. The molecule has 0 saturated carbocycles. The Morgan fingerprint density at radius 2 is 1.88 bits per heavy atom. The zero-order valence-corrected chi connectivity index (χ0v) is 13.8. The highest BCUT2D eigenvalue weighted by atomic mass is 35.5. The summed E-state index contributed by atoms with van der Waals surface area (Å²) in [5.41, 5.74) is 1.08. The van der Waals surface area contributed by atoms with Gasteiger partial charge in [-0.1, -0.05) is 29.8 Å². The Balaban J connectivity index is 1.81. The number of hydrogen-bond acceptors (Lipinski definition) is 2. The van der Waals surface area contributed by atoms with Gasteiger partial charge in [0.15, 0.2) is 0 Å². The maximum atomic E-state index is 13.3. The molecule has 0 aliphatic carbocycles. The molecule has 4 nitrogen and oxygen atoms in total. The molecule has 0 N–H and O–H groups in total. The van der Waals surface area contributed by atoms with E-state index in [-0.39, 0.29) is 16.8 Å². The van der Waals surface area contributed by atoms with Crippen LogP contribution in [0.1, 0.15) is 17.3 Å². The van der Waals surface area contributed by atoms with E-state index in [2.05, 4.69) is 0 Å². The second-order valence-electron chi connectivity index (χ2n) is 5.63. The summed E-state index contributed by atoms with van der Waals surface area (Å²) in [6.45, 7) is 2.43. The predicted octanol–water partition coefficient (Wildman–Crippen LogP) is 3.36. The second kappa shape index (κ2) is 6.61. The van der Waals surface area contributed by atoms with Crippen molar-refractivity contribution in [2.24, 2.45) is 0 Å². The van der Waals surface area contributed by atoms with Crippen molar-refractivity contribution in [2.45, 2.75) is 13.0 Å². The van der Waals surface area contributed by atoms with Crippen molar-refractivity contribution < 1.29 is 14.0 Å². The van der Waals surface area contributed by atoms with E-state index in [0.717, 1.165) is 0 Å². The van der Waals surface area contributed by atoms with Crippen molar-refractivity contribution in [3.63, 3.8) is 0 Å². The van der Waals surface area contributed by atoms with Crippen LogP contribution in [-0.4, -0.2) is 35.8 Å². The van der Waals surface area contributed by atoms with E-state index in [1.807, 2.05) is 6.07 Å². The summed E-state index contributed by atoms with van der Waals surface area (Å²) in [7, 11) is 0. The van der Waals surface area contributed by atoms with Crippen molar-refractivity contribution in [2.75, 3.05) is 18.0 Å². The third-order valence-electron chi connectivity index (χ3n) is 4.15. The SMILES string of the molecule is CC1C(=O)N(c2ccc(F)c(Cl)c2)CCN1C(=O)c1ccccc1. The van der Waals surface area contributed by atoms with Crippen LogP contribution in [-0.2, 0) is 4.79 Å². The van der Waals surface area contributed by atoms with E-state index in [1.165, 1.54) is 23.1 Å². The van der Waals surface area contributed by atoms with Crippen LogP contribution < -0.4 is 4.90 Å². The molecule has 124 valence electrons. The van der Waals surface area contributed by atoms with Crippen LogP contribution >= 0.6 is 11.6 Å². The molecular weight excluding hydrogens is 331 g/mol. The summed E-state index contributed by atoms with van der Waals surface area (Å²) >= 11 is 5.80. The molecule has 1 aliphatic rings. The maximum absolute atomic E-state index is 13.3. The highest BCUT2D eigenvalue weighted by Gasteiger charge is 2.35. The second-order valence-corrected chi connectivity index (χ2v) is 6.04. The molecule has 1 fully saturated rings. The largest absolute Gasteiger partial charge is 0.325 e. The summed E-state index contributed by atoms with van der Waals surface area (Å²) in [4.78, 5) is 28.3. The van der Waals surface area contributed by atoms with Gasteiger partial charge in [0.2, 0.25) is 5.91 Å². The van der Waals surface area contributed by atoms with Gasteiger partial charge in [-0.2, -0.15) is 0 Å². The molecule has 1 atom stereocenters. The molecule has 1 heterocycles. The molecular formula is C18H16ClFN2O2. The van der Waals surface area contributed by atoms with Crippen molar-refractivity contribution in [1.29, 1.82) is 0 Å². The van der Waals surface area contributed by atoms with Crippen LogP contribution in [0.15, 0.2) is 48.5 Å². The average molecular weight is 347 g/mol. The Kier molecular flexibility index (Phi) is 4.53. The molecule has 0 radical (unpaired) electrons. The summed E-state index contributed by atoms with van der Waals surface area (Å²) < 4.78 is 13.3. The number of piperazine rings is 1. The first kappa shape index (κ1) is 16.5. The first-order valence-corrected chi connectivity index (χ1v) is 7.99. The fourth-order valence-corrected chi connectivity index (χ4v) is 2.98. The number of nitrogens with zero attached hydrogens (tertiary/aromatic N) is 2. The lowest BCUT2D eigenvalue weighted by Gasteiger charge is -2.39. The summed E-state index contributed by atoms with van der Waals surface area (Å²) in [6.07, 6.45) is 0. The van der Waals surface area contributed by atoms with Gasteiger partial charge in [0.1, 0.15) is 11.9 Å². The van der Waals surface area contributed by atoms with Gasteiger partial charge in [0, 0.05) is 24.3 Å². The average Bonchev–Trinajstić information content (AvgIpc) is 2.60. The fourth-order valence-electron chi connectivity index (χ4n) is 2.80. The van der Waals surface area contributed by atoms with E-state index >= 15 is 0 Å². The molecule has 2 aromatic rings. The lowest BCUT2D eigenvalue weighted by atomic mass is 10.1. The number of carbonyl (C=O) groups is 2. The lowest BCUT2D eigenvalue weighted by molar-refractivity contribution is -0.124. The minimum absolute atomic E-state index is 0.0317. The summed E-state index contributed by atoms with van der Waals surface area (Å²) in [5.74, 6) is -0.916. The van der Waals surface area contributed by atoms with E-state index in [0.29, 0.717) is 24.3 Å². The van der Waals surface area contributed by atoms with Crippen LogP contribution in [0.25, 0.3) is 0 Å². The molecule has 0 bridgehead atoms. The Morgan fingerprint density at radius 1 is 1.17 bits per heavy atom. The van der Waals surface area contributed by atoms with Crippen molar-refractivity contribution in [1.82, 2.24) is 4.90 Å². The molecule has 0 spiro atoms. The van der Waals surface area contributed by atoms with Crippen LogP contribution in [0.3, 0.4) is 0 Å². The minimum atomic E-state index is -0.602. The van der Waals surface area contributed by atoms with E-state index in [9.17, 15) is 14.0 Å². The van der Waals surface area contributed by atoms with Gasteiger partial charge >= 0.3 is 0 Å². The topological polar surface area (TPSA) is 40.6 Å². The molecule has 3 rings (SSSR count). The zero-order chi connectivity index (χ0) is 17.3. The van der Waals surface area contributed by atoms with Crippen molar-refractivity contribution >= 4 is 29.1 Å². The number of anilines is 1. The quantitative estimate of drug-likeness (QED) is 0.836. The van der Waals surface area contributed by atoms with Gasteiger partial charge in [-0.15, -0.1) is 0 Å². The van der Waals surface area contributed by atoms with E-state index in [1.54, 1.807) is 36.1 Å². The van der Waals surface area contributed by atoms with Crippen LogP contribution in [0.5, 0.6) is 0 Å². The van der Waals surface area contributed by atoms with Gasteiger partial charge in [-0.05, 0) is 37.3 Å². The van der Waals surface area contributed by atoms with Crippen molar-refractivity contribution in [3.8, 4) is 0 Å². The molecule has 2 amide bonds. The molecule has 1 unspecified atom stereocenters. The highest BCUT2D eigenvalue weighted by molar-refractivity contribution is 6.31. The Morgan fingerprint density at radius 3 is 2.54 bits per heavy atom. The number of benzene rings is 2. The predicted molar refractivity (Wildman–Crippen MR) is 90.7 cm³/mol. The number of carbonyl (C=O) groups excluding carboxylic acids is 2. The maximum Gasteiger partial charge on any atom is 0.254 e. The van der Waals surface area contributed by atoms with Gasteiger partial charge < -0.3 is 9.80 Å². The van der Waals surface area contributed by atoms with Gasteiger partial charge in [0.05, 0.1) is 5.02 Å². The molecule has 0 aromatic heterocycles. The first-order chi connectivity index (χ1) is 11.5. The van der Waals surface area contributed by atoms with Gasteiger partial charge in [-0.25, -0.2) is 4.39 Å². The molecule has 6 heteroatoms. The summed E-state index contributed by atoms with van der Waals surface area (Å²) in [6, 6.07) is 12.4. The Labute approximate surface area is 144 Å². The van der Waals surface area contributed by atoms with Crippen LogP contribution in [0, 0.1) is 5.82 Å². The van der Waals surface area contributed by atoms with E-state index < -0.39 is 11.9 Å². The normalized spacial score (nSPS) is 18.0. The third kappa shape index (κ3) is 2.99. The molecule has 1 aliphatic heterocycles. The third-order valence-corrected chi connectivity index (χ3v) is 4.44. The van der Waals surface area contributed by atoms with E-state index in [4.69, 9.17) is 11.6 Å². The monoisotopic (exact) mass is 346 g/mol. The van der Waals surface area contributed by atoms with Crippen LogP contribution in [0.2, 0.25) is 5.02 Å². The standard InChI is InChI=1S/C18H16ClFN2O2/c1-12-17(23)22(14-7-8-16(20)15(19)11-14)10-9-21(12)18(24)13-5-3-2-4-6-13/h2-8,11-12H,9-10H2,1H3. The van der Waals surface area contributed by atoms with Crippen LogP contribution in [0.4, 0.5) is 10.1 Å². The summed E-state index contributed by atoms with van der Waals surface area (Å²) in [5, 5.41) is -0.0317. The molecule has 2 aromatic carbocycles. The van der Waals surface area contributed by atoms with Gasteiger partial charge in [-0.3, -0.25) is 9.59 Å². The Bertz CT molecular complexity index is 782. The van der Waals surface area contributed by atoms with Crippen molar-refractivity contribution in [3.05, 3.63) is 64.9 Å². The Hall–Kier alpha value is -2.40. The first-order valence-electron chi connectivity index (χ1n) is 7.61.